The second-order valence-electron chi connectivity index (χ2n) is 6.26. The van der Waals surface area contributed by atoms with Gasteiger partial charge in [-0.25, -0.2) is 4.79 Å². The van der Waals surface area contributed by atoms with E-state index in [4.69, 9.17) is 14.6 Å². The number of aliphatic carboxylic acids is 1. The number of rotatable bonds is 4. The van der Waals surface area contributed by atoms with E-state index in [0.29, 0.717) is 5.69 Å². The fraction of sp³-hybridized carbons (Fsp3) is 0.333. The number of carbonyl (C=O) groups excluding carboxylic acids is 1. The van der Waals surface area contributed by atoms with Gasteiger partial charge in [-0.1, -0.05) is 12.1 Å². The van der Waals surface area contributed by atoms with Crippen LogP contribution in [-0.4, -0.2) is 63.0 Å². The maximum absolute atomic E-state index is 11.1. The highest BCUT2D eigenvalue weighted by Gasteiger charge is 2.48. The van der Waals surface area contributed by atoms with E-state index in [9.17, 15) is 24.9 Å². The molecule has 2 aromatic rings. The minimum atomic E-state index is -1.78. The van der Waals surface area contributed by atoms with Gasteiger partial charge in [0.05, 0.1) is 0 Å². The highest BCUT2D eigenvalue weighted by atomic mass is 16.7. The first kappa shape index (κ1) is 19.1. The maximum Gasteiger partial charge on any atom is 0.335 e. The van der Waals surface area contributed by atoms with Gasteiger partial charge >= 0.3 is 5.97 Å². The number of amides is 1. The van der Waals surface area contributed by atoms with Crippen LogP contribution >= 0.6 is 0 Å². The fourth-order valence-corrected chi connectivity index (χ4v) is 2.86. The summed E-state index contributed by atoms with van der Waals surface area (Å²) in [6, 6.07) is 10.2. The van der Waals surface area contributed by atoms with Crippen molar-refractivity contribution in [2.75, 3.05) is 5.32 Å². The predicted octanol–water partition coefficient (Wildman–Crippen LogP) is 0.0692. The lowest BCUT2D eigenvalue weighted by Crippen LogP contribution is -2.61. The molecule has 2 aromatic carbocycles. The van der Waals surface area contributed by atoms with Gasteiger partial charge in [0.2, 0.25) is 12.2 Å². The van der Waals surface area contributed by atoms with E-state index in [-0.39, 0.29) is 11.7 Å². The van der Waals surface area contributed by atoms with Crippen LogP contribution in [0, 0.1) is 0 Å². The summed E-state index contributed by atoms with van der Waals surface area (Å²) >= 11 is 0. The van der Waals surface area contributed by atoms with E-state index in [1.54, 1.807) is 36.4 Å². The number of benzene rings is 2. The average Bonchev–Trinajstić information content (AvgIpc) is 2.61. The lowest BCUT2D eigenvalue weighted by Gasteiger charge is -2.38. The Kier molecular flexibility index (Phi) is 5.29. The van der Waals surface area contributed by atoms with Gasteiger partial charge in [-0.2, -0.15) is 0 Å². The molecule has 5 atom stereocenters. The van der Waals surface area contributed by atoms with Crippen LogP contribution in [0.2, 0.25) is 0 Å². The van der Waals surface area contributed by atoms with Crippen LogP contribution in [0.4, 0.5) is 5.69 Å². The van der Waals surface area contributed by atoms with Crippen LogP contribution in [0.5, 0.6) is 5.75 Å². The summed E-state index contributed by atoms with van der Waals surface area (Å²) in [4.78, 5) is 22.3. The van der Waals surface area contributed by atoms with Crippen LogP contribution in [0.25, 0.3) is 10.8 Å². The maximum atomic E-state index is 11.1. The van der Waals surface area contributed by atoms with Gasteiger partial charge in [0.25, 0.3) is 0 Å². The van der Waals surface area contributed by atoms with Crippen LogP contribution in [0.1, 0.15) is 6.92 Å². The molecule has 0 spiro atoms. The molecule has 0 saturated carbocycles. The van der Waals surface area contributed by atoms with Gasteiger partial charge in [-0.05, 0) is 35.0 Å². The number of aliphatic hydroxyl groups excluding tert-OH is 3. The van der Waals surface area contributed by atoms with Crippen LogP contribution in [0.3, 0.4) is 0 Å². The highest BCUT2D eigenvalue weighted by Crippen LogP contribution is 2.28. The van der Waals surface area contributed by atoms with Crippen molar-refractivity contribution in [3.05, 3.63) is 36.4 Å². The van der Waals surface area contributed by atoms with Crippen molar-refractivity contribution in [1.82, 2.24) is 0 Å². The third kappa shape index (κ3) is 4.01. The molecule has 0 radical (unpaired) electrons. The standard InChI is InChI=1S/C18H19NO8/c1-8(20)19-11-4-2-10-7-12(5-3-9(10)6-11)26-18-15(23)13(21)14(22)16(27-18)17(24)25/h2-7,13-16,18,21-23H,1H3,(H,19,20)(H,24,25)/t13-,14-,15+,16-,18+/m0/s1. The van der Waals surface area contributed by atoms with E-state index < -0.39 is 36.7 Å². The summed E-state index contributed by atoms with van der Waals surface area (Å²) in [6.07, 6.45) is -8.34. The zero-order valence-corrected chi connectivity index (χ0v) is 14.3. The van der Waals surface area contributed by atoms with E-state index in [1.807, 2.05) is 0 Å². The molecule has 5 N–H and O–H groups in total. The smallest absolute Gasteiger partial charge is 0.335 e. The largest absolute Gasteiger partial charge is 0.479 e. The normalized spacial score (nSPS) is 27.9. The van der Waals surface area contributed by atoms with Crippen molar-refractivity contribution in [3.63, 3.8) is 0 Å². The molecule has 144 valence electrons. The summed E-state index contributed by atoms with van der Waals surface area (Å²) in [6.45, 7) is 1.41. The number of fused-ring (bicyclic) bond motifs is 1. The Morgan fingerprint density at radius 2 is 1.67 bits per heavy atom. The van der Waals surface area contributed by atoms with Crippen LogP contribution in [0.15, 0.2) is 36.4 Å². The SMILES string of the molecule is CC(=O)Nc1ccc2cc(O[C@@H]3O[C@H](C(=O)O)[C@@H](O)[C@H](O)[C@H]3O)ccc2c1. The molecule has 27 heavy (non-hydrogen) atoms. The Morgan fingerprint density at radius 3 is 2.33 bits per heavy atom. The van der Waals surface area contributed by atoms with Gasteiger partial charge in [0.15, 0.2) is 6.10 Å². The van der Waals surface area contributed by atoms with Gasteiger partial charge < -0.3 is 35.2 Å². The number of hydrogen-bond donors (Lipinski definition) is 5. The van der Waals surface area contributed by atoms with E-state index in [2.05, 4.69) is 5.32 Å². The summed E-state index contributed by atoms with van der Waals surface area (Å²) in [5.74, 6) is -1.40. The number of anilines is 1. The van der Waals surface area contributed by atoms with E-state index >= 15 is 0 Å². The Bertz CT molecular complexity index is 870. The Labute approximate surface area is 153 Å². The Hall–Kier alpha value is -2.72. The molecule has 0 unspecified atom stereocenters. The summed E-state index contributed by atoms with van der Waals surface area (Å²) in [5.41, 5.74) is 0.635. The first-order valence-electron chi connectivity index (χ1n) is 8.17. The van der Waals surface area contributed by atoms with Crippen LogP contribution < -0.4 is 10.1 Å². The van der Waals surface area contributed by atoms with Gasteiger partial charge in [0.1, 0.15) is 24.1 Å². The number of nitrogens with one attached hydrogen (secondary N) is 1. The number of carbonyl (C=O) groups is 2. The third-order valence-electron chi connectivity index (χ3n) is 4.20. The van der Waals surface area contributed by atoms with Gasteiger partial charge in [0, 0.05) is 12.6 Å². The topological polar surface area (TPSA) is 146 Å². The molecule has 1 aliphatic rings. The predicted molar refractivity (Wildman–Crippen MR) is 93.2 cm³/mol. The van der Waals surface area contributed by atoms with Crippen molar-refractivity contribution in [2.45, 2.75) is 37.6 Å². The minimum absolute atomic E-state index is 0.188. The first-order valence-corrected chi connectivity index (χ1v) is 8.17. The quantitative estimate of drug-likeness (QED) is 0.503. The first-order chi connectivity index (χ1) is 12.8. The number of ether oxygens (including phenoxy) is 2. The van der Waals surface area contributed by atoms with Gasteiger partial charge in [-0.3, -0.25) is 4.79 Å². The summed E-state index contributed by atoms with van der Waals surface area (Å²) in [5, 5.41) is 42.9. The highest BCUT2D eigenvalue weighted by molar-refractivity contribution is 5.93. The third-order valence-corrected chi connectivity index (χ3v) is 4.20. The number of aliphatic hydroxyl groups is 3. The fourth-order valence-electron chi connectivity index (χ4n) is 2.86. The second kappa shape index (κ2) is 7.49. The molecule has 9 nitrogen and oxygen atoms in total. The van der Waals surface area contributed by atoms with E-state index in [0.717, 1.165) is 10.8 Å². The lowest BCUT2D eigenvalue weighted by atomic mass is 9.99. The molecular weight excluding hydrogens is 358 g/mol. The van der Waals surface area contributed by atoms with Crippen molar-refractivity contribution in [2.24, 2.45) is 0 Å². The van der Waals surface area contributed by atoms with Crippen molar-refractivity contribution < 1.29 is 39.5 Å². The molecule has 3 rings (SSSR count). The molecule has 1 saturated heterocycles. The molecule has 1 amide bonds. The molecule has 0 aromatic heterocycles. The molecular formula is C18H19NO8. The second-order valence-corrected chi connectivity index (χ2v) is 6.26. The van der Waals surface area contributed by atoms with E-state index in [1.165, 1.54) is 6.92 Å². The average molecular weight is 377 g/mol. The van der Waals surface area contributed by atoms with Gasteiger partial charge in [-0.15, -0.1) is 0 Å². The molecule has 0 bridgehead atoms. The molecule has 0 aliphatic carbocycles. The monoisotopic (exact) mass is 377 g/mol. The van der Waals surface area contributed by atoms with Crippen molar-refractivity contribution >= 4 is 28.3 Å². The number of carboxylic acid groups (broad SMARTS) is 1. The van der Waals surface area contributed by atoms with Crippen molar-refractivity contribution in [3.8, 4) is 5.75 Å². The molecule has 1 fully saturated rings. The molecule has 1 heterocycles. The summed E-state index contributed by atoms with van der Waals surface area (Å²) in [7, 11) is 0. The van der Waals surface area contributed by atoms with Crippen molar-refractivity contribution in [1.29, 1.82) is 0 Å². The summed E-state index contributed by atoms with van der Waals surface area (Å²) < 4.78 is 10.6. The molecule has 9 heteroatoms. The number of carboxylic acids is 1. The zero-order chi connectivity index (χ0) is 19.7. The minimum Gasteiger partial charge on any atom is -0.479 e. The zero-order valence-electron chi connectivity index (χ0n) is 14.3. The Morgan fingerprint density at radius 1 is 1.00 bits per heavy atom. The van der Waals surface area contributed by atoms with Crippen LogP contribution in [-0.2, 0) is 14.3 Å². The molecule has 1 aliphatic heterocycles. The number of hydrogen-bond acceptors (Lipinski definition) is 7. The lowest BCUT2D eigenvalue weighted by molar-refractivity contribution is -0.271. The Balaban J connectivity index is 1.81.